The Morgan fingerprint density at radius 3 is 2.71 bits per heavy atom. The van der Waals surface area contributed by atoms with Gasteiger partial charge in [0.15, 0.2) is 0 Å². The second-order valence-electron chi connectivity index (χ2n) is 5.21. The van der Waals surface area contributed by atoms with Crippen molar-refractivity contribution in [1.82, 2.24) is 10.2 Å². The maximum atomic E-state index is 5.32. The van der Waals surface area contributed by atoms with E-state index in [2.05, 4.69) is 24.2 Å². The minimum Gasteiger partial charge on any atom is -0.382 e. The van der Waals surface area contributed by atoms with Crippen LogP contribution in [0.4, 0.5) is 0 Å². The Kier molecular flexibility index (Phi) is 7.82. The summed E-state index contributed by atoms with van der Waals surface area (Å²) in [6.45, 7) is 8.26. The van der Waals surface area contributed by atoms with Gasteiger partial charge in [-0.05, 0) is 46.7 Å². The van der Waals surface area contributed by atoms with E-state index in [1.807, 2.05) is 6.92 Å². The van der Waals surface area contributed by atoms with Crippen molar-refractivity contribution in [2.45, 2.75) is 58.0 Å². The van der Waals surface area contributed by atoms with Gasteiger partial charge in [-0.1, -0.05) is 12.8 Å². The van der Waals surface area contributed by atoms with E-state index in [1.54, 1.807) is 0 Å². The van der Waals surface area contributed by atoms with Crippen molar-refractivity contribution >= 4 is 0 Å². The molecule has 3 heteroatoms. The van der Waals surface area contributed by atoms with Crippen LogP contribution in [0.2, 0.25) is 0 Å². The van der Waals surface area contributed by atoms with E-state index in [0.717, 1.165) is 38.8 Å². The van der Waals surface area contributed by atoms with Crippen LogP contribution in [0.1, 0.15) is 46.0 Å². The van der Waals surface area contributed by atoms with Gasteiger partial charge in [-0.2, -0.15) is 0 Å². The maximum Gasteiger partial charge on any atom is 0.0477 e. The third kappa shape index (κ3) is 5.84. The number of hydrogen-bond donors (Lipinski definition) is 1. The molecule has 1 unspecified atom stereocenters. The molecule has 0 aliphatic heterocycles. The van der Waals surface area contributed by atoms with E-state index in [9.17, 15) is 0 Å². The van der Waals surface area contributed by atoms with E-state index in [1.165, 1.54) is 25.7 Å². The molecule has 1 N–H and O–H groups in total. The average Bonchev–Trinajstić information content (AvgIpc) is 2.86. The highest BCUT2D eigenvalue weighted by Crippen LogP contribution is 2.23. The summed E-state index contributed by atoms with van der Waals surface area (Å²) in [5.41, 5.74) is 0. The Hall–Kier alpha value is -0.120. The molecule has 0 spiro atoms. The fourth-order valence-corrected chi connectivity index (χ4v) is 2.57. The fourth-order valence-electron chi connectivity index (χ4n) is 2.57. The van der Waals surface area contributed by atoms with Crippen LogP contribution in [-0.4, -0.2) is 50.3 Å². The molecule has 0 aromatic carbocycles. The van der Waals surface area contributed by atoms with Gasteiger partial charge in [-0.15, -0.1) is 0 Å². The van der Waals surface area contributed by atoms with Crippen LogP contribution in [0, 0.1) is 0 Å². The molecule has 0 heterocycles. The van der Waals surface area contributed by atoms with E-state index >= 15 is 0 Å². The zero-order valence-corrected chi connectivity index (χ0v) is 11.9. The highest BCUT2D eigenvalue weighted by Gasteiger charge is 2.22. The Balaban J connectivity index is 2.01. The number of ether oxygens (including phenoxy) is 1. The minimum atomic E-state index is 0.644. The van der Waals surface area contributed by atoms with Crippen LogP contribution in [0.5, 0.6) is 0 Å². The predicted molar refractivity (Wildman–Crippen MR) is 73.5 cm³/mol. The molecular weight excluding hydrogens is 212 g/mol. The van der Waals surface area contributed by atoms with E-state index in [0.29, 0.717) is 6.04 Å². The molecule has 0 radical (unpaired) electrons. The van der Waals surface area contributed by atoms with Gasteiger partial charge >= 0.3 is 0 Å². The SMILES string of the molecule is CCOCCCNCC(C)N(C)C1CCCC1. The molecule has 1 rings (SSSR count). The minimum absolute atomic E-state index is 0.644. The lowest BCUT2D eigenvalue weighted by Crippen LogP contribution is -2.43. The van der Waals surface area contributed by atoms with Crippen molar-refractivity contribution in [3.05, 3.63) is 0 Å². The number of hydrogen-bond acceptors (Lipinski definition) is 3. The second-order valence-corrected chi connectivity index (χ2v) is 5.21. The van der Waals surface area contributed by atoms with Crippen LogP contribution >= 0.6 is 0 Å². The summed E-state index contributed by atoms with van der Waals surface area (Å²) in [6, 6.07) is 1.47. The lowest BCUT2D eigenvalue weighted by Gasteiger charge is -2.30. The first-order valence-corrected chi connectivity index (χ1v) is 7.26. The lowest BCUT2D eigenvalue weighted by molar-refractivity contribution is 0.142. The Morgan fingerprint density at radius 2 is 2.06 bits per heavy atom. The highest BCUT2D eigenvalue weighted by molar-refractivity contribution is 4.79. The van der Waals surface area contributed by atoms with Crippen LogP contribution in [0.25, 0.3) is 0 Å². The van der Waals surface area contributed by atoms with E-state index in [4.69, 9.17) is 4.74 Å². The van der Waals surface area contributed by atoms with Gasteiger partial charge in [-0.25, -0.2) is 0 Å². The molecule has 0 saturated heterocycles. The van der Waals surface area contributed by atoms with Crippen LogP contribution in [0.3, 0.4) is 0 Å². The third-order valence-electron chi connectivity index (χ3n) is 3.88. The summed E-state index contributed by atoms with van der Waals surface area (Å²) in [5, 5.41) is 3.53. The van der Waals surface area contributed by atoms with Crippen molar-refractivity contribution in [2.75, 3.05) is 33.4 Å². The first-order chi connectivity index (χ1) is 8.25. The first kappa shape index (κ1) is 14.9. The van der Waals surface area contributed by atoms with Gasteiger partial charge in [0.25, 0.3) is 0 Å². The monoisotopic (exact) mass is 242 g/mol. The summed E-state index contributed by atoms with van der Waals surface area (Å²) in [5.74, 6) is 0. The van der Waals surface area contributed by atoms with Gasteiger partial charge in [0.1, 0.15) is 0 Å². The van der Waals surface area contributed by atoms with Crippen molar-refractivity contribution in [1.29, 1.82) is 0 Å². The quantitative estimate of drug-likeness (QED) is 0.628. The molecule has 3 nitrogen and oxygen atoms in total. The van der Waals surface area contributed by atoms with Gasteiger partial charge in [0.2, 0.25) is 0 Å². The molecule has 0 aromatic heterocycles. The van der Waals surface area contributed by atoms with Gasteiger partial charge in [-0.3, -0.25) is 4.90 Å². The van der Waals surface area contributed by atoms with E-state index < -0.39 is 0 Å². The highest BCUT2D eigenvalue weighted by atomic mass is 16.5. The van der Waals surface area contributed by atoms with Crippen LogP contribution < -0.4 is 5.32 Å². The molecule has 1 fully saturated rings. The van der Waals surface area contributed by atoms with Gasteiger partial charge in [0.05, 0.1) is 0 Å². The smallest absolute Gasteiger partial charge is 0.0477 e. The first-order valence-electron chi connectivity index (χ1n) is 7.26. The largest absolute Gasteiger partial charge is 0.382 e. The molecule has 1 atom stereocenters. The summed E-state index contributed by atoms with van der Waals surface area (Å²) in [6.07, 6.45) is 6.75. The Bertz CT molecular complexity index is 181. The average molecular weight is 242 g/mol. The van der Waals surface area contributed by atoms with Crippen molar-refractivity contribution in [3.63, 3.8) is 0 Å². The number of rotatable bonds is 9. The molecule has 17 heavy (non-hydrogen) atoms. The normalized spacial score (nSPS) is 19.1. The molecule has 0 bridgehead atoms. The number of nitrogens with zero attached hydrogens (tertiary/aromatic N) is 1. The molecule has 0 aromatic rings. The molecular formula is C14H30N2O. The molecule has 0 amide bonds. The second kappa shape index (κ2) is 8.90. The third-order valence-corrected chi connectivity index (χ3v) is 3.88. The van der Waals surface area contributed by atoms with Crippen molar-refractivity contribution in [3.8, 4) is 0 Å². The summed E-state index contributed by atoms with van der Waals surface area (Å²) in [4.78, 5) is 2.56. The molecule has 1 aliphatic rings. The standard InChI is InChI=1S/C14H30N2O/c1-4-17-11-7-10-15-12-13(2)16(3)14-8-5-6-9-14/h13-15H,4-12H2,1-3H3. The summed E-state index contributed by atoms with van der Waals surface area (Å²) < 4.78 is 5.32. The lowest BCUT2D eigenvalue weighted by atomic mass is 10.1. The van der Waals surface area contributed by atoms with E-state index in [-0.39, 0.29) is 0 Å². The summed E-state index contributed by atoms with van der Waals surface area (Å²) in [7, 11) is 2.28. The maximum absolute atomic E-state index is 5.32. The molecule has 1 aliphatic carbocycles. The Morgan fingerprint density at radius 1 is 1.35 bits per heavy atom. The molecule has 102 valence electrons. The molecule has 1 saturated carbocycles. The topological polar surface area (TPSA) is 24.5 Å². The fraction of sp³-hybridized carbons (Fsp3) is 1.00. The zero-order valence-electron chi connectivity index (χ0n) is 11.9. The van der Waals surface area contributed by atoms with Crippen molar-refractivity contribution in [2.24, 2.45) is 0 Å². The van der Waals surface area contributed by atoms with Crippen LogP contribution in [-0.2, 0) is 4.74 Å². The predicted octanol–water partition coefficient (Wildman–Crippen LogP) is 2.27. The zero-order chi connectivity index (χ0) is 12.5. The Labute approximate surface area is 107 Å². The van der Waals surface area contributed by atoms with Gasteiger partial charge in [0, 0.05) is 31.8 Å². The summed E-state index contributed by atoms with van der Waals surface area (Å²) >= 11 is 0. The number of likely N-dealkylation sites (N-methyl/N-ethyl adjacent to an activating group) is 1. The van der Waals surface area contributed by atoms with Gasteiger partial charge < -0.3 is 10.1 Å². The number of nitrogens with one attached hydrogen (secondary N) is 1. The van der Waals surface area contributed by atoms with Crippen molar-refractivity contribution < 1.29 is 4.74 Å². The van der Waals surface area contributed by atoms with Crippen LogP contribution in [0.15, 0.2) is 0 Å².